The van der Waals surface area contributed by atoms with Gasteiger partial charge >= 0.3 is 0 Å². The molecule has 1 aliphatic rings. The van der Waals surface area contributed by atoms with E-state index >= 15 is 0 Å². The van der Waals surface area contributed by atoms with Crippen LogP contribution in [-0.4, -0.2) is 41.2 Å². The minimum absolute atomic E-state index is 0. The lowest BCUT2D eigenvalue weighted by atomic mass is 10.3. The Balaban J connectivity index is 0.00000133. The molecule has 0 aromatic carbocycles. The molecular weight excluding hydrogens is 284 g/mol. The molecule has 1 N–H and O–H groups in total. The molecule has 7 heteroatoms. The van der Waals surface area contributed by atoms with E-state index in [0.717, 1.165) is 38.3 Å². The van der Waals surface area contributed by atoms with Gasteiger partial charge in [0.25, 0.3) is 0 Å². The van der Waals surface area contributed by atoms with Crippen LogP contribution < -0.4 is 5.32 Å². The summed E-state index contributed by atoms with van der Waals surface area (Å²) in [5.41, 5.74) is 1.03. The van der Waals surface area contributed by atoms with Crippen LogP contribution in [0.3, 0.4) is 0 Å². The van der Waals surface area contributed by atoms with Gasteiger partial charge in [-0.2, -0.15) is 16.3 Å². The fourth-order valence-corrected chi connectivity index (χ4v) is 2.71. The highest BCUT2D eigenvalue weighted by Gasteiger charge is 2.14. The molecule has 2 aromatic heterocycles. The standard InChI is InChI=1S/C12H16N4OS.ClH/c1-3-13-4-6-16(5-1)8-11-14-12(15-17-11)10-2-7-18-9-10;/h2,7,9,13H,1,3-6,8H2;1H. The monoisotopic (exact) mass is 300 g/mol. The quantitative estimate of drug-likeness (QED) is 0.940. The van der Waals surface area contributed by atoms with Gasteiger partial charge in [0, 0.05) is 24.0 Å². The van der Waals surface area contributed by atoms with E-state index in [2.05, 4.69) is 20.4 Å². The van der Waals surface area contributed by atoms with Gasteiger partial charge < -0.3 is 9.84 Å². The molecule has 2 aromatic rings. The van der Waals surface area contributed by atoms with E-state index in [1.807, 2.05) is 16.8 Å². The molecular formula is C12H17ClN4OS. The van der Waals surface area contributed by atoms with Crippen molar-refractivity contribution >= 4 is 23.7 Å². The largest absolute Gasteiger partial charge is 0.338 e. The maximum atomic E-state index is 5.31. The molecule has 5 nitrogen and oxygen atoms in total. The van der Waals surface area contributed by atoms with E-state index in [9.17, 15) is 0 Å². The van der Waals surface area contributed by atoms with Gasteiger partial charge in [-0.3, -0.25) is 4.90 Å². The topological polar surface area (TPSA) is 54.2 Å². The molecule has 0 unspecified atom stereocenters. The van der Waals surface area contributed by atoms with Gasteiger partial charge in [-0.1, -0.05) is 5.16 Å². The number of nitrogens with one attached hydrogen (secondary N) is 1. The summed E-state index contributed by atoms with van der Waals surface area (Å²) in [4.78, 5) is 6.80. The first-order valence-electron chi connectivity index (χ1n) is 6.20. The molecule has 19 heavy (non-hydrogen) atoms. The second kappa shape index (κ2) is 7.00. The molecule has 0 spiro atoms. The minimum atomic E-state index is 0. The molecule has 3 rings (SSSR count). The molecule has 0 amide bonds. The van der Waals surface area contributed by atoms with E-state index in [1.165, 1.54) is 6.42 Å². The fraction of sp³-hybridized carbons (Fsp3) is 0.500. The predicted octanol–water partition coefficient (Wildman–Crippen LogP) is 2.02. The van der Waals surface area contributed by atoms with Crippen molar-refractivity contribution in [1.29, 1.82) is 0 Å². The second-order valence-electron chi connectivity index (χ2n) is 4.40. The summed E-state index contributed by atoms with van der Waals surface area (Å²) in [6.45, 7) is 5.00. The number of nitrogens with zero attached hydrogens (tertiary/aromatic N) is 3. The second-order valence-corrected chi connectivity index (χ2v) is 5.18. The lowest BCUT2D eigenvalue weighted by Gasteiger charge is -2.16. The Morgan fingerprint density at radius 1 is 1.37 bits per heavy atom. The zero-order valence-electron chi connectivity index (χ0n) is 10.5. The summed E-state index contributed by atoms with van der Waals surface area (Å²) in [5.74, 6) is 1.40. The smallest absolute Gasteiger partial charge is 0.241 e. The molecule has 0 bridgehead atoms. The van der Waals surface area contributed by atoms with Crippen molar-refractivity contribution in [2.24, 2.45) is 0 Å². The van der Waals surface area contributed by atoms with Gasteiger partial charge in [-0.25, -0.2) is 0 Å². The first-order valence-corrected chi connectivity index (χ1v) is 7.14. The first kappa shape index (κ1) is 14.5. The molecule has 0 atom stereocenters. The predicted molar refractivity (Wildman–Crippen MR) is 77.6 cm³/mol. The molecule has 3 heterocycles. The molecule has 104 valence electrons. The van der Waals surface area contributed by atoms with E-state index in [4.69, 9.17) is 4.52 Å². The maximum Gasteiger partial charge on any atom is 0.241 e. The number of rotatable bonds is 3. The Bertz CT molecular complexity index is 480. The maximum absolute atomic E-state index is 5.31. The zero-order valence-corrected chi connectivity index (χ0v) is 12.2. The Morgan fingerprint density at radius 3 is 3.16 bits per heavy atom. The Morgan fingerprint density at radius 2 is 2.32 bits per heavy atom. The van der Waals surface area contributed by atoms with E-state index in [1.54, 1.807) is 11.3 Å². The van der Waals surface area contributed by atoms with Crippen molar-refractivity contribution in [2.45, 2.75) is 13.0 Å². The van der Waals surface area contributed by atoms with Crippen LogP contribution in [0.2, 0.25) is 0 Å². The highest BCUT2D eigenvalue weighted by atomic mass is 35.5. The van der Waals surface area contributed by atoms with Crippen LogP contribution >= 0.6 is 23.7 Å². The third kappa shape index (κ3) is 3.76. The van der Waals surface area contributed by atoms with Gasteiger partial charge in [0.05, 0.1) is 6.54 Å². The van der Waals surface area contributed by atoms with Gasteiger partial charge in [-0.15, -0.1) is 12.4 Å². The SMILES string of the molecule is Cl.c1cc(-c2noc(CN3CCCNCC3)n2)cs1. The Hall–Kier alpha value is -0.950. The lowest BCUT2D eigenvalue weighted by molar-refractivity contribution is 0.239. The Kier molecular flexibility index (Phi) is 5.33. The van der Waals surface area contributed by atoms with Crippen LogP contribution in [0.1, 0.15) is 12.3 Å². The molecule has 0 aliphatic carbocycles. The van der Waals surface area contributed by atoms with Gasteiger partial charge in [-0.05, 0) is 31.0 Å². The zero-order chi connectivity index (χ0) is 12.2. The third-order valence-electron chi connectivity index (χ3n) is 3.04. The van der Waals surface area contributed by atoms with Crippen LogP contribution in [0.25, 0.3) is 11.4 Å². The highest BCUT2D eigenvalue weighted by molar-refractivity contribution is 7.08. The van der Waals surface area contributed by atoms with Crippen LogP contribution in [-0.2, 0) is 6.54 Å². The summed E-state index contributed by atoms with van der Waals surface area (Å²) in [7, 11) is 0. The molecule has 0 radical (unpaired) electrons. The molecule has 1 saturated heterocycles. The summed E-state index contributed by atoms with van der Waals surface area (Å²) in [5, 5.41) is 11.5. The Labute approximate surface area is 122 Å². The van der Waals surface area contributed by atoms with E-state index in [0.29, 0.717) is 11.7 Å². The van der Waals surface area contributed by atoms with Crippen LogP contribution in [0, 0.1) is 0 Å². The lowest BCUT2D eigenvalue weighted by Crippen LogP contribution is -2.27. The average Bonchev–Trinajstić information content (AvgIpc) is 2.98. The molecule has 0 saturated carbocycles. The van der Waals surface area contributed by atoms with Crippen LogP contribution in [0.5, 0.6) is 0 Å². The molecule has 1 fully saturated rings. The summed E-state index contributed by atoms with van der Waals surface area (Å²) in [6, 6.07) is 2.01. The molecule has 1 aliphatic heterocycles. The number of hydrogen-bond donors (Lipinski definition) is 1. The highest BCUT2D eigenvalue weighted by Crippen LogP contribution is 2.19. The van der Waals surface area contributed by atoms with Crippen molar-refractivity contribution < 1.29 is 4.52 Å². The number of thiophene rings is 1. The van der Waals surface area contributed by atoms with Crippen LogP contribution in [0.4, 0.5) is 0 Å². The van der Waals surface area contributed by atoms with Crippen molar-refractivity contribution in [2.75, 3.05) is 26.2 Å². The number of hydrogen-bond acceptors (Lipinski definition) is 6. The van der Waals surface area contributed by atoms with Crippen molar-refractivity contribution in [3.8, 4) is 11.4 Å². The van der Waals surface area contributed by atoms with E-state index in [-0.39, 0.29) is 12.4 Å². The fourth-order valence-electron chi connectivity index (χ4n) is 2.08. The summed E-state index contributed by atoms with van der Waals surface area (Å²) in [6.07, 6.45) is 1.17. The number of aromatic nitrogens is 2. The number of halogens is 1. The van der Waals surface area contributed by atoms with Crippen molar-refractivity contribution in [3.63, 3.8) is 0 Å². The van der Waals surface area contributed by atoms with Crippen LogP contribution in [0.15, 0.2) is 21.3 Å². The van der Waals surface area contributed by atoms with Crippen molar-refractivity contribution in [1.82, 2.24) is 20.4 Å². The van der Waals surface area contributed by atoms with Gasteiger partial charge in [0.2, 0.25) is 11.7 Å². The minimum Gasteiger partial charge on any atom is -0.338 e. The third-order valence-corrected chi connectivity index (χ3v) is 3.72. The first-order chi connectivity index (χ1) is 8.92. The summed E-state index contributed by atoms with van der Waals surface area (Å²) < 4.78 is 5.31. The normalized spacial score (nSPS) is 16.8. The van der Waals surface area contributed by atoms with Gasteiger partial charge in [0.15, 0.2) is 0 Å². The van der Waals surface area contributed by atoms with E-state index < -0.39 is 0 Å². The van der Waals surface area contributed by atoms with Crippen molar-refractivity contribution in [3.05, 3.63) is 22.7 Å². The average molecular weight is 301 g/mol. The van der Waals surface area contributed by atoms with Gasteiger partial charge in [0.1, 0.15) is 0 Å². The summed E-state index contributed by atoms with van der Waals surface area (Å²) >= 11 is 1.64.